The summed E-state index contributed by atoms with van der Waals surface area (Å²) in [5.41, 5.74) is 4.56. The molecule has 1 heterocycles. The Morgan fingerprint density at radius 1 is 1.38 bits per heavy atom. The van der Waals surface area contributed by atoms with E-state index in [1.54, 1.807) is 17.9 Å². The van der Waals surface area contributed by atoms with Gasteiger partial charge in [-0.2, -0.15) is 10.2 Å². The van der Waals surface area contributed by atoms with Crippen molar-refractivity contribution in [2.45, 2.75) is 6.92 Å². The van der Waals surface area contributed by atoms with E-state index in [1.807, 2.05) is 49.4 Å². The van der Waals surface area contributed by atoms with Gasteiger partial charge in [0.25, 0.3) is 5.91 Å². The van der Waals surface area contributed by atoms with E-state index >= 15 is 0 Å². The standard InChI is InChI=1S/C15H15BrN4O/c1-11(8-9-12-6-4-3-5-7-12)17-18-15(21)14-13(16)10-20(2)19-14/h3-10H,1-2H3,(H,18,21)/b9-8+,17-11+. The molecule has 5 nitrogen and oxygen atoms in total. The summed E-state index contributed by atoms with van der Waals surface area (Å²) in [5.74, 6) is -0.352. The van der Waals surface area contributed by atoms with E-state index in [-0.39, 0.29) is 5.91 Å². The zero-order valence-corrected chi connectivity index (χ0v) is 13.3. The summed E-state index contributed by atoms with van der Waals surface area (Å²) in [6.07, 6.45) is 5.48. The van der Waals surface area contributed by atoms with Gasteiger partial charge in [-0.3, -0.25) is 9.48 Å². The van der Waals surface area contributed by atoms with E-state index in [4.69, 9.17) is 0 Å². The third kappa shape index (κ3) is 4.39. The van der Waals surface area contributed by atoms with E-state index in [0.717, 1.165) is 5.56 Å². The van der Waals surface area contributed by atoms with Gasteiger partial charge in [0.2, 0.25) is 0 Å². The van der Waals surface area contributed by atoms with Crippen LogP contribution in [0.25, 0.3) is 6.08 Å². The molecule has 0 radical (unpaired) electrons. The van der Waals surface area contributed by atoms with Gasteiger partial charge in [-0.25, -0.2) is 5.43 Å². The van der Waals surface area contributed by atoms with Crippen LogP contribution in [0.4, 0.5) is 0 Å². The minimum atomic E-state index is -0.352. The van der Waals surface area contributed by atoms with Gasteiger partial charge >= 0.3 is 0 Å². The Bertz CT molecular complexity index is 689. The molecule has 108 valence electrons. The minimum absolute atomic E-state index is 0.307. The first-order valence-electron chi connectivity index (χ1n) is 6.33. The van der Waals surface area contributed by atoms with Gasteiger partial charge in [-0.15, -0.1) is 0 Å². The largest absolute Gasteiger partial charge is 0.293 e. The van der Waals surface area contributed by atoms with Crippen molar-refractivity contribution in [2.75, 3.05) is 0 Å². The first kappa shape index (κ1) is 15.2. The Labute approximate surface area is 131 Å². The summed E-state index contributed by atoms with van der Waals surface area (Å²) in [6, 6.07) is 9.88. The number of nitrogens with one attached hydrogen (secondary N) is 1. The van der Waals surface area contributed by atoms with Gasteiger partial charge < -0.3 is 0 Å². The predicted octanol–water partition coefficient (Wildman–Crippen LogP) is 3.00. The Morgan fingerprint density at radius 2 is 2.10 bits per heavy atom. The number of hydrogen-bond donors (Lipinski definition) is 1. The highest BCUT2D eigenvalue weighted by molar-refractivity contribution is 9.10. The van der Waals surface area contributed by atoms with Gasteiger partial charge in [0, 0.05) is 13.2 Å². The molecule has 0 aliphatic carbocycles. The Morgan fingerprint density at radius 3 is 2.71 bits per heavy atom. The fraction of sp³-hybridized carbons (Fsp3) is 0.133. The number of allylic oxidation sites excluding steroid dienone is 1. The van der Waals surface area contributed by atoms with Crippen LogP contribution in [0.2, 0.25) is 0 Å². The van der Waals surface area contributed by atoms with Crippen molar-refractivity contribution in [1.29, 1.82) is 0 Å². The number of halogens is 1. The molecule has 0 spiro atoms. The second-order valence-electron chi connectivity index (χ2n) is 4.44. The summed E-state index contributed by atoms with van der Waals surface area (Å²) in [6.45, 7) is 1.81. The average molecular weight is 347 g/mol. The van der Waals surface area contributed by atoms with Crippen molar-refractivity contribution in [3.8, 4) is 0 Å². The van der Waals surface area contributed by atoms with Gasteiger partial charge in [0.1, 0.15) is 0 Å². The summed E-state index contributed by atoms with van der Waals surface area (Å²) >= 11 is 3.28. The highest BCUT2D eigenvalue weighted by Crippen LogP contribution is 2.13. The van der Waals surface area contributed by atoms with Gasteiger partial charge in [0.15, 0.2) is 5.69 Å². The molecule has 21 heavy (non-hydrogen) atoms. The molecule has 0 saturated heterocycles. The van der Waals surface area contributed by atoms with E-state index in [2.05, 4.69) is 31.6 Å². The molecule has 0 saturated carbocycles. The molecule has 1 aromatic carbocycles. The maximum atomic E-state index is 11.9. The molecule has 2 rings (SSSR count). The number of hydrogen-bond acceptors (Lipinski definition) is 3. The first-order chi connectivity index (χ1) is 10.1. The SMILES string of the molecule is CC(/C=C/c1ccccc1)=N\NC(=O)c1nn(C)cc1Br. The molecule has 0 atom stereocenters. The lowest BCUT2D eigenvalue weighted by molar-refractivity contribution is 0.0948. The quantitative estimate of drug-likeness (QED) is 0.683. The van der Waals surface area contributed by atoms with E-state index < -0.39 is 0 Å². The number of carbonyl (C=O) groups is 1. The second kappa shape index (κ2) is 6.99. The highest BCUT2D eigenvalue weighted by atomic mass is 79.9. The average Bonchev–Trinajstić information content (AvgIpc) is 2.82. The molecule has 0 fully saturated rings. The molecule has 0 aliphatic heterocycles. The lowest BCUT2D eigenvalue weighted by atomic mass is 10.2. The van der Waals surface area contributed by atoms with Crippen LogP contribution in [0.15, 0.2) is 52.2 Å². The van der Waals surface area contributed by atoms with Crippen molar-refractivity contribution in [3.05, 3.63) is 58.3 Å². The molecule has 0 aliphatic rings. The molecular formula is C15H15BrN4O. The zero-order valence-electron chi connectivity index (χ0n) is 11.7. The molecule has 6 heteroatoms. The first-order valence-corrected chi connectivity index (χ1v) is 7.12. The van der Waals surface area contributed by atoms with Crippen LogP contribution >= 0.6 is 15.9 Å². The van der Waals surface area contributed by atoms with Gasteiger partial charge in [-0.1, -0.05) is 36.4 Å². The number of amides is 1. The van der Waals surface area contributed by atoms with Crippen molar-refractivity contribution in [2.24, 2.45) is 12.1 Å². The van der Waals surface area contributed by atoms with Crippen LogP contribution < -0.4 is 5.43 Å². The fourth-order valence-corrected chi connectivity index (χ4v) is 2.18. The fourth-order valence-electron chi connectivity index (χ4n) is 1.62. The summed E-state index contributed by atoms with van der Waals surface area (Å²) in [7, 11) is 1.75. The summed E-state index contributed by atoms with van der Waals surface area (Å²) in [5, 5.41) is 8.08. The molecule has 1 amide bonds. The number of benzene rings is 1. The number of rotatable bonds is 4. The van der Waals surface area contributed by atoms with Crippen LogP contribution in [-0.4, -0.2) is 21.4 Å². The smallest absolute Gasteiger partial charge is 0.274 e. The van der Waals surface area contributed by atoms with Crippen molar-refractivity contribution in [3.63, 3.8) is 0 Å². The van der Waals surface area contributed by atoms with Crippen LogP contribution in [0.3, 0.4) is 0 Å². The monoisotopic (exact) mass is 346 g/mol. The molecule has 0 unspecified atom stereocenters. The molecule has 2 aromatic rings. The number of nitrogens with zero attached hydrogens (tertiary/aromatic N) is 3. The maximum absolute atomic E-state index is 11.9. The minimum Gasteiger partial charge on any atom is -0.274 e. The zero-order chi connectivity index (χ0) is 15.2. The lowest BCUT2D eigenvalue weighted by Crippen LogP contribution is -2.19. The van der Waals surface area contributed by atoms with Crippen molar-refractivity contribution >= 4 is 33.6 Å². The Kier molecular flexibility index (Phi) is 5.05. The van der Waals surface area contributed by atoms with Crippen LogP contribution in [0.5, 0.6) is 0 Å². The molecule has 1 N–H and O–H groups in total. The normalized spacial score (nSPS) is 11.9. The third-order valence-corrected chi connectivity index (χ3v) is 3.23. The van der Waals surface area contributed by atoms with E-state index in [1.165, 1.54) is 0 Å². The maximum Gasteiger partial charge on any atom is 0.293 e. The Hall–Kier alpha value is -2.21. The van der Waals surface area contributed by atoms with Crippen LogP contribution in [-0.2, 0) is 7.05 Å². The topological polar surface area (TPSA) is 59.3 Å². The summed E-state index contributed by atoms with van der Waals surface area (Å²) in [4.78, 5) is 11.9. The number of hydrazone groups is 1. The van der Waals surface area contributed by atoms with Gasteiger partial charge in [0.05, 0.1) is 10.2 Å². The number of carbonyl (C=O) groups excluding carboxylic acids is 1. The molecule has 0 bridgehead atoms. The van der Waals surface area contributed by atoms with E-state index in [0.29, 0.717) is 15.9 Å². The number of aryl methyl sites for hydroxylation is 1. The van der Waals surface area contributed by atoms with Crippen molar-refractivity contribution in [1.82, 2.24) is 15.2 Å². The lowest BCUT2D eigenvalue weighted by Gasteiger charge is -1.98. The van der Waals surface area contributed by atoms with E-state index in [9.17, 15) is 4.79 Å². The van der Waals surface area contributed by atoms with Gasteiger partial charge in [-0.05, 0) is 34.5 Å². The number of aromatic nitrogens is 2. The Balaban J connectivity index is 1.99. The van der Waals surface area contributed by atoms with Crippen LogP contribution in [0.1, 0.15) is 23.0 Å². The second-order valence-corrected chi connectivity index (χ2v) is 5.29. The molecular weight excluding hydrogens is 332 g/mol. The predicted molar refractivity (Wildman–Crippen MR) is 87.0 cm³/mol. The summed E-state index contributed by atoms with van der Waals surface area (Å²) < 4.78 is 2.19. The third-order valence-electron chi connectivity index (χ3n) is 2.65. The highest BCUT2D eigenvalue weighted by Gasteiger charge is 2.13. The van der Waals surface area contributed by atoms with Crippen molar-refractivity contribution < 1.29 is 4.79 Å². The molecule has 1 aromatic heterocycles. The van der Waals surface area contributed by atoms with Crippen LogP contribution in [0, 0.1) is 0 Å².